The number of rotatable bonds is 6. The van der Waals surface area contributed by atoms with E-state index in [0.717, 1.165) is 4.90 Å². The van der Waals surface area contributed by atoms with Gasteiger partial charge in [-0.15, -0.1) is 5.10 Å². The van der Waals surface area contributed by atoms with Crippen LogP contribution in [0.3, 0.4) is 0 Å². The number of β-lactam (4-membered cyclic amide) rings is 1. The van der Waals surface area contributed by atoms with Gasteiger partial charge in [0.15, 0.2) is 15.4 Å². The second kappa shape index (κ2) is 7.24. The Kier molecular flexibility index (Phi) is 4.68. The van der Waals surface area contributed by atoms with E-state index in [4.69, 9.17) is 0 Å². The molecule has 0 spiro atoms. The molecule has 3 aromatic rings. The maximum Gasteiger partial charge on any atom is 0.332 e. The molecule has 3 heterocycles. The van der Waals surface area contributed by atoms with Crippen LogP contribution in [0.1, 0.15) is 30.4 Å². The first-order chi connectivity index (χ1) is 15.7. The predicted octanol–water partition coefficient (Wildman–Crippen LogP) is 1.68. The van der Waals surface area contributed by atoms with Crippen LogP contribution in [0.4, 0.5) is 0 Å². The molecule has 1 aromatic heterocycles. The molecule has 1 amide bonds. The van der Waals surface area contributed by atoms with Gasteiger partial charge in [0.25, 0.3) is 0 Å². The van der Waals surface area contributed by atoms with Crippen LogP contribution in [0.2, 0.25) is 0 Å². The Labute approximate surface area is 190 Å². The zero-order chi connectivity index (χ0) is 23.4. The van der Waals surface area contributed by atoms with Crippen molar-refractivity contribution in [3.8, 4) is 0 Å². The number of carboxylic acid groups (broad SMARTS) is 1. The number of hydrogen-bond acceptors (Lipinski definition) is 6. The number of carbonyl (C=O) groups excluding carboxylic acids is 1. The largest absolute Gasteiger partial charge is 0.479 e. The molecule has 2 aliphatic heterocycles. The highest BCUT2D eigenvalue weighted by Gasteiger charge is 2.81. The molecule has 0 aliphatic carbocycles. The molecule has 0 saturated carbocycles. The molecule has 10 heteroatoms. The van der Waals surface area contributed by atoms with Crippen LogP contribution in [0.15, 0.2) is 73.1 Å². The highest BCUT2D eigenvalue weighted by molar-refractivity contribution is 7.94. The first-order valence-electron chi connectivity index (χ1n) is 10.5. The van der Waals surface area contributed by atoms with Crippen LogP contribution < -0.4 is 0 Å². The molecule has 33 heavy (non-hydrogen) atoms. The Hall–Kier alpha value is -3.53. The molecule has 0 radical (unpaired) electrons. The maximum atomic E-state index is 13.9. The van der Waals surface area contributed by atoms with E-state index < -0.39 is 43.3 Å². The molecular formula is C23H22N4O5S. The smallest absolute Gasteiger partial charge is 0.332 e. The molecule has 170 valence electrons. The van der Waals surface area contributed by atoms with E-state index in [1.165, 1.54) is 24.0 Å². The summed E-state index contributed by atoms with van der Waals surface area (Å²) in [6, 6.07) is 17.8. The number of hydrogen-bond donors (Lipinski definition) is 1. The van der Waals surface area contributed by atoms with Crippen molar-refractivity contribution >= 4 is 21.7 Å². The minimum Gasteiger partial charge on any atom is -0.479 e. The lowest BCUT2D eigenvalue weighted by atomic mass is 9.66. The molecule has 2 aromatic carbocycles. The highest BCUT2D eigenvalue weighted by atomic mass is 32.2. The number of carbonyl (C=O) groups is 2. The van der Waals surface area contributed by atoms with Gasteiger partial charge in [0.2, 0.25) is 5.91 Å². The molecule has 9 nitrogen and oxygen atoms in total. The lowest BCUT2D eigenvalue weighted by molar-refractivity contribution is -0.170. The van der Waals surface area contributed by atoms with Gasteiger partial charge in [0.1, 0.15) is 10.1 Å². The summed E-state index contributed by atoms with van der Waals surface area (Å²) < 4.78 is 27.3. The van der Waals surface area contributed by atoms with Crippen LogP contribution in [0.25, 0.3) is 0 Å². The lowest BCUT2D eigenvalue weighted by Gasteiger charge is -2.50. The third-order valence-corrected chi connectivity index (χ3v) is 9.81. The predicted molar refractivity (Wildman–Crippen MR) is 118 cm³/mol. The van der Waals surface area contributed by atoms with Gasteiger partial charge in [-0.2, -0.15) is 0 Å². The molecule has 0 bridgehead atoms. The molecule has 2 saturated heterocycles. The zero-order valence-electron chi connectivity index (χ0n) is 17.8. The number of sulfone groups is 1. The summed E-state index contributed by atoms with van der Waals surface area (Å²) in [7, 11) is -4.11. The molecule has 2 aliphatic rings. The van der Waals surface area contributed by atoms with Crippen LogP contribution in [0, 0.1) is 0 Å². The van der Waals surface area contributed by atoms with E-state index in [9.17, 15) is 23.1 Å². The third kappa shape index (κ3) is 2.67. The van der Waals surface area contributed by atoms with Crippen molar-refractivity contribution in [2.24, 2.45) is 0 Å². The van der Waals surface area contributed by atoms with Gasteiger partial charge in [-0.1, -0.05) is 65.9 Å². The number of fused-ring (bicyclic) bond motifs is 1. The number of aliphatic carboxylic acids is 1. The fourth-order valence-corrected chi connectivity index (χ4v) is 8.10. The Balaban J connectivity index is 1.87. The maximum absolute atomic E-state index is 13.9. The van der Waals surface area contributed by atoms with E-state index in [1.807, 2.05) is 0 Å². The quantitative estimate of drug-likeness (QED) is 0.549. The Bertz CT molecular complexity index is 1270. The fourth-order valence-electron chi connectivity index (χ4n) is 5.53. The van der Waals surface area contributed by atoms with Gasteiger partial charge >= 0.3 is 5.97 Å². The first kappa shape index (κ1) is 21.3. The molecule has 5 rings (SSSR count). The Morgan fingerprint density at radius 1 is 1.12 bits per heavy atom. The minimum absolute atomic E-state index is 0.236. The number of amides is 1. The van der Waals surface area contributed by atoms with Crippen molar-refractivity contribution in [2.75, 3.05) is 0 Å². The van der Waals surface area contributed by atoms with E-state index in [0.29, 0.717) is 11.1 Å². The second-order valence-electron chi connectivity index (χ2n) is 8.62. The summed E-state index contributed by atoms with van der Waals surface area (Å²) >= 11 is 0. The zero-order valence-corrected chi connectivity index (χ0v) is 18.6. The van der Waals surface area contributed by atoms with Crippen molar-refractivity contribution in [1.82, 2.24) is 19.9 Å². The molecule has 2 fully saturated rings. The Morgan fingerprint density at radius 3 is 2.15 bits per heavy atom. The average Bonchev–Trinajstić information content (AvgIpc) is 3.33. The van der Waals surface area contributed by atoms with Crippen molar-refractivity contribution in [3.63, 3.8) is 0 Å². The van der Waals surface area contributed by atoms with Gasteiger partial charge in [0.05, 0.1) is 19.2 Å². The molecular weight excluding hydrogens is 444 g/mol. The van der Waals surface area contributed by atoms with Crippen LogP contribution in [-0.2, 0) is 26.0 Å². The van der Waals surface area contributed by atoms with Gasteiger partial charge < -0.3 is 10.0 Å². The van der Waals surface area contributed by atoms with Crippen LogP contribution in [0.5, 0.6) is 0 Å². The van der Waals surface area contributed by atoms with Crippen LogP contribution in [-0.4, -0.2) is 61.0 Å². The van der Waals surface area contributed by atoms with Crippen molar-refractivity contribution in [3.05, 3.63) is 84.2 Å². The topological polar surface area (TPSA) is 122 Å². The summed E-state index contributed by atoms with van der Waals surface area (Å²) in [5.41, 5.74) is -0.904. The van der Waals surface area contributed by atoms with E-state index >= 15 is 0 Å². The van der Waals surface area contributed by atoms with E-state index in [-0.39, 0.29) is 13.0 Å². The fraction of sp³-hybridized carbons (Fsp3) is 0.304. The van der Waals surface area contributed by atoms with Crippen molar-refractivity contribution in [1.29, 1.82) is 0 Å². The monoisotopic (exact) mass is 466 g/mol. The summed E-state index contributed by atoms with van der Waals surface area (Å²) in [4.78, 5) is 27.4. The highest BCUT2D eigenvalue weighted by Crippen LogP contribution is 2.60. The van der Waals surface area contributed by atoms with Gasteiger partial charge in [-0.05, 0) is 18.1 Å². The average molecular weight is 467 g/mol. The lowest BCUT2D eigenvalue weighted by Crippen LogP contribution is -2.71. The first-order valence-corrected chi connectivity index (χ1v) is 12.0. The Morgan fingerprint density at radius 2 is 1.70 bits per heavy atom. The van der Waals surface area contributed by atoms with Gasteiger partial charge in [0, 0.05) is 12.1 Å². The SMILES string of the molecule is CC1(Cn2ccnn2)C(C(=O)O)(C(c2ccccc2)c2ccccc2)N2C(=O)CC2S1(=O)=O. The van der Waals surface area contributed by atoms with Crippen molar-refractivity contribution in [2.45, 2.75) is 41.5 Å². The van der Waals surface area contributed by atoms with Crippen LogP contribution >= 0.6 is 0 Å². The molecule has 1 N–H and O–H groups in total. The van der Waals surface area contributed by atoms with E-state index in [1.54, 1.807) is 60.7 Å². The summed E-state index contributed by atoms with van der Waals surface area (Å²) in [6.45, 7) is 1.15. The number of aromatic nitrogens is 3. The summed E-state index contributed by atoms with van der Waals surface area (Å²) in [5, 5.41) is 17.4. The van der Waals surface area contributed by atoms with Gasteiger partial charge in [-0.3, -0.25) is 9.48 Å². The third-order valence-electron chi connectivity index (χ3n) is 7.02. The molecule has 3 unspecified atom stereocenters. The number of carboxylic acids is 1. The van der Waals surface area contributed by atoms with Gasteiger partial charge in [-0.25, -0.2) is 13.2 Å². The number of nitrogens with zero attached hydrogens (tertiary/aromatic N) is 4. The summed E-state index contributed by atoms with van der Waals surface area (Å²) in [6.07, 6.45) is 2.66. The normalized spacial score (nSPS) is 27.9. The van der Waals surface area contributed by atoms with E-state index in [2.05, 4.69) is 10.3 Å². The van der Waals surface area contributed by atoms with Crippen molar-refractivity contribution < 1.29 is 23.1 Å². The summed E-state index contributed by atoms with van der Waals surface area (Å²) in [5.74, 6) is -2.82. The standard InChI is InChI=1S/C23H22N4O5S/c1-22(15-26-13-12-24-25-26)23(21(29)30,27-18(28)14-19(27)33(22,31)32)20(16-8-4-2-5-9-16)17-10-6-3-7-11-17/h2-13,19-20H,14-15H2,1H3,(H,29,30). The minimum atomic E-state index is -4.11. The second-order valence-corrected chi connectivity index (χ2v) is 11.2. The molecule has 3 atom stereocenters. The number of benzene rings is 2.